The Morgan fingerprint density at radius 1 is 0.875 bits per heavy atom. The van der Waals surface area contributed by atoms with E-state index in [4.69, 9.17) is 4.98 Å². The monoisotopic (exact) mass is 424 g/mol. The molecular formula is C26H24N4O2. The standard InChI is InChI=1S/C26H24N4O2/c31-24(27-16-15-19-9-3-1-4-10-19)17-23-25(32)29(18-20-11-5-2-6-12-20)26-28-21-13-7-8-14-22(21)30(23)26/h1-14,23H,15-18H2,(H,27,31)/t23-/m0/s1. The number of nitrogens with zero attached hydrogens (tertiary/aromatic N) is 3. The highest BCUT2D eigenvalue weighted by Crippen LogP contribution is 2.37. The second kappa shape index (κ2) is 8.67. The Hall–Kier alpha value is -3.93. The molecule has 2 heterocycles. The Morgan fingerprint density at radius 2 is 1.53 bits per heavy atom. The summed E-state index contributed by atoms with van der Waals surface area (Å²) >= 11 is 0. The van der Waals surface area contributed by atoms with Gasteiger partial charge in [-0.2, -0.15) is 0 Å². The SMILES string of the molecule is O=C(C[C@H]1C(=O)N(Cc2ccccc2)c2nc3ccccc3n21)NCCc1ccccc1. The molecule has 1 aliphatic heterocycles. The first kappa shape index (κ1) is 20.0. The van der Waals surface area contributed by atoms with Crippen LogP contribution in [0.15, 0.2) is 84.9 Å². The van der Waals surface area contributed by atoms with E-state index in [0.29, 0.717) is 19.0 Å². The molecule has 0 aliphatic carbocycles. The van der Waals surface area contributed by atoms with Gasteiger partial charge < -0.3 is 5.32 Å². The number of nitrogens with one attached hydrogen (secondary N) is 1. The van der Waals surface area contributed by atoms with Crippen molar-refractivity contribution in [2.24, 2.45) is 0 Å². The maximum Gasteiger partial charge on any atom is 0.253 e. The minimum absolute atomic E-state index is 0.0896. The van der Waals surface area contributed by atoms with Crippen molar-refractivity contribution >= 4 is 28.8 Å². The third-order valence-electron chi connectivity index (χ3n) is 5.82. The summed E-state index contributed by atoms with van der Waals surface area (Å²) in [5.41, 5.74) is 3.88. The van der Waals surface area contributed by atoms with Crippen molar-refractivity contribution in [1.29, 1.82) is 0 Å². The van der Waals surface area contributed by atoms with Gasteiger partial charge in [0.1, 0.15) is 6.04 Å². The fraction of sp³-hybridized carbons (Fsp3) is 0.192. The fourth-order valence-electron chi connectivity index (χ4n) is 4.25. The summed E-state index contributed by atoms with van der Waals surface area (Å²) in [7, 11) is 0. The van der Waals surface area contributed by atoms with Crippen LogP contribution in [-0.2, 0) is 22.6 Å². The predicted octanol–water partition coefficient (Wildman–Crippen LogP) is 3.87. The topological polar surface area (TPSA) is 67.2 Å². The lowest BCUT2D eigenvalue weighted by molar-refractivity contribution is -0.127. The van der Waals surface area contributed by atoms with Crippen LogP contribution in [0.1, 0.15) is 23.6 Å². The van der Waals surface area contributed by atoms with Crippen molar-refractivity contribution in [1.82, 2.24) is 14.9 Å². The third kappa shape index (κ3) is 3.87. The first-order valence-corrected chi connectivity index (χ1v) is 10.8. The second-order valence-electron chi connectivity index (χ2n) is 7.99. The van der Waals surface area contributed by atoms with Crippen molar-refractivity contribution in [2.45, 2.75) is 25.4 Å². The molecule has 1 N–H and O–H groups in total. The molecule has 4 aromatic rings. The molecule has 5 rings (SSSR count). The van der Waals surface area contributed by atoms with Crippen molar-refractivity contribution < 1.29 is 9.59 Å². The van der Waals surface area contributed by atoms with E-state index < -0.39 is 6.04 Å². The number of imidazole rings is 1. The number of carbonyl (C=O) groups excluding carboxylic acids is 2. The molecule has 1 atom stereocenters. The van der Waals surface area contributed by atoms with Gasteiger partial charge >= 0.3 is 0 Å². The molecular weight excluding hydrogens is 400 g/mol. The molecule has 2 amide bonds. The number of para-hydroxylation sites is 2. The number of amides is 2. The highest BCUT2D eigenvalue weighted by molar-refractivity contribution is 6.03. The van der Waals surface area contributed by atoms with Crippen LogP contribution in [0.3, 0.4) is 0 Å². The van der Waals surface area contributed by atoms with Gasteiger partial charge in [-0.25, -0.2) is 4.98 Å². The number of rotatable bonds is 7. The Bertz CT molecular complexity index is 1250. The van der Waals surface area contributed by atoms with E-state index in [1.54, 1.807) is 4.90 Å². The zero-order chi connectivity index (χ0) is 21.9. The fourth-order valence-corrected chi connectivity index (χ4v) is 4.25. The lowest BCUT2D eigenvalue weighted by atomic mass is 10.1. The Morgan fingerprint density at radius 3 is 2.28 bits per heavy atom. The molecule has 0 unspecified atom stereocenters. The van der Waals surface area contributed by atoms with Gasteiger partial charge in [-0.15, -0.1) is 0 Å². The molecule has 6 heteroatoms. The highest BCUT2D eigenvalue weighted by atomic mass is 16.2. The predicted molar refractivity (Wildman–Crippen MR) is 124 cm³/mol. The molecule has 3 aromatic carbocycles. The summed E-state index contributed by atoms with van der Waals surface area (Å²) in [6.07, 6.45) is 0.844. The number of carbonyl (C=O) groups is 2. The molecule has 32 heavy (non-hydrogen) atoms. The number of fused-ring (bicyclic) bond motifs is 3. The lowest BCUT2D eigenvalue weighted by Gasteiger charge is -2.16. The quantitative estimate of drug-likeness (QED) is 0.490. The van der Waals surface area contributed by atoms with E-state index in [2.05, 4.69) is 5.32 Å². The summed E-state index contributed by atoms with van der Waals surface area (Å²) in [4.78, 5) is 32.5. The zero-order valence-corrected chi connectivity index (χ0v) is 17.6. The van der Waals surface area contributed by atoms with Crippen LogP contribution in [-0.4, -0.2) is 27.9 Å². The molecule has 0 fully saturated rings. The normalized spacial score (nSPS) is 15.2. The molecule has 0 saturated carbocycles. The van der Waals surface area contributed by atoms with Crippen molar-refractivity contribution in [2.75, 3.05) is 11.4 Å². The van der Waals surface area contributed by atoms with Gasteiger partial charge in [0.15, 0.2) is 0 Å². The maximum absolute atomic E-state index is 13.4. The van der Waals surface area contributed by atoms with Crippen LogP contribution in [0, 0.1) is 0 Å². The number of hydrogen-bond donors (Lipinski definition) is 1. The summed E-state index contributed by atoms with van der Waals surface area (Å²) in [6.45, 7) is 0.962. The lowest BCUT2D eigenvalue weighted by Crippen LogP contribution is -2.33. The number of hydrogen-bond acceptors (Lipinski definition) is 3. The molecule has 0 spiro atoms. The number of benzene rings is 3. The molecule has 0 saturated heterocycles. The van der Waals surface area contributed by atoms with E-state index in [9.17, 15) is 9.59 Å². The van der Waals surface area contributed by atoms with E-state index in [1.165, 1.54) is 5.56 Å². The van der Waals surface area contributed by atoms with Gasteiger partial charge in [0, 0.05) is 6.54 Å². The first-order chi connectivity index (χ1) is 15.7. The van der Waals surface area contributed by atoms with Crippen LogP contribution in [0.4, 0.5) is 5.95 Å². The van der Waals surface area contributed by atoms with Crippen LogP contribution in [0.2, 0.25) is 0 Å². The van der Waals surface area contributed by atoms with Gasteiger partial charge in [0.25, 0.3) is 5.91 Å². The summed E-state index contributed by atoms with van der Waals surface area (Å²) in [6, 6.07) is 27.0. The minimum atomic E-state index is -0.599. The van der Waals surface area contributed by atoms with E-state index in [-0.39, 0.29) is 18.2 Å². The maximum atomic E-state index is 13.4. The Kier molecular flexibility index (Phi) is 5.42. The van der Waals surface area contributed by atoms with E-state index >= 15 is 0 Å². The molecule has 1 aliphatic rings. The van der Waals surface area contributed by atoms with Gasteiger partial charge in [-0.3, -0.25) is 19.1 Å². The number of aromatic nitrogens is 2. The number of anilines is 1. The Labute approximate surface area is 186 Å². The van der Waals surface area contributed by atoms with Crippen LogP contribution < -0.4 is 10.2 Å². The van der Waals surface area contributed by atoms with Gasteiger partial charge in [0.05, 0.1) is 24.0 Å². The summed E-state index contributed by atoms with van der Waals surface area (Å²) in [5.74, 6) is 0.368. The average Bonchev–Trinajstić information content (AvgIpc) is 3.31. The molecule has 6 nitrogen and oxygen atoms in total. The summed E-state index contributed by atoms with van der Waals surface area (Å²) < 4.78 is 1.91. The van der Waals surface area contributed by atoms with E-state index in [1.807, 2.05) is 89.5 Å². The third-order valence-corrected chi connectivity index (χ3v) is 5.82. The van der Waals surface area contributed by atoms with Crippen LogP contribution >= 0.6 is 0 Å². The first-order valence-electron chi connectivity index (χ1n) is 10.8. The van der Waals surface area contributed by atoms with Gasteiger partial charge in [0.2, 0.25) is 11.9 Å². The summed E-state index contributed by atoms with van der Waals surface area (Å²) in [5, 5.41) is 2.97. The zero-order valence-electron chi connectivity index (χ0n) is 17.6. The largest absolute Gasteiger partial charge is 0.356 e. The molecule has 0 bridgehead atoms. The van der Waals surface area contributed by atoms with Crippen molar-refractivity contribution in [3.63, 3.8) is 0 Å². The minimum Gasteiger partial charge on any atom is -0.356 e. The van der Waals surface area contributed by atoms with Gasteiger partial charge in [-0.05, 0) is 29.7 Å². The average molecular weight is 425 g/mol. The van der Waals surface area contributed by atoms with Crippen molar-refractivity contribution in [3.8, 4) is 0 Å². The van der Waals surface area contributed by atoms with Crippen LogP contribution in [0.25, 0.3) is 11.0 Å². The Balaban J connectivity index is 1.36. The molecule has 160 valence electrons. The van der Waals surface area contributed by atoms with Gasteiger partial charge in [-0.1, -0.05) is 72.8 Å². The smallest absolute Gasteiger partial charge is 0.253 e. The van der Waals surface area contributed by atoms with E-state index in [0.717, 1.165) is 23.0 Å². The highest BCUT2D eigenvalue weighted by Gasteiger charge is 2.40. The second-order valence-corrected chi connectivity index (χ2v) is 7.99. The van der Waals surface area contributed by atoms with Crippen molar-refractivity contribution in [3.05, 3.63) is 96.1 Å². The molecule has 0 radical (unpaired) electrons. The molecule has 1 aromatic heterocycles. The van der Waals surface area contributed by atoms with Crippen LogP contribution in [0.5, 0.6) is 0 Å².